The average Bonchev–Trinajstić information content (AvgIpc) is 3.34. The van der Waals surface area contributed by atoms with Crippen molar-refractivity contribution in [3.8, 4) is 11.3 Å². The number of amides is 2. The van der Waals surface area contributed by atoms with E-state index in [0.717, 1.165) is 5.01 Å². The van der Waals surface area contributed by atoms with Crippen molar-refractivity contribution in [2.45, 2.75) is 6.92 Å². The van der Waals surface area contributed by atoms with Gasteiger partial charge in [0.25, 0.3) is 11.8 Å². The summed E-state index contributed by atoms with van der Waals surface area (Å²) < 4.78 is 24.5. The highest BCUT2D eigenvalue weighted by atomic mass is 19.1. The zero-order valence-corrected chi connectivity index (χ0v) is 16.4. The Kier molecular flexibility index (Phi) is 5.36. The molecule has 1 aliphatic rings. The number of hydrogen-bond acceptors (Lipinski definition) is 5. The second-order valence-corrected chi connectivity index (χ2v) is 6.59. The molecule has 0 atom stereocenters. The molecule has 0 radical (unpaired) electrons. The van der Waals surface area contributed by atoms with E-state index in [1.54, 1.807) is 37.3 Å². The number of nitrogens with one attached hydrogen (secondary N) is 1. The minimum atomic E-state index is -0.608. The maximum Gasteiger partial charge on any atom is 0.338 e. The summed E-state index contributed by atoms with van der Waals surface area (Å²) in [6.45, 7) is 1.96. The molecule has 4 rings (SSSR count). The molecule has 1 N–H and O–H groups in total. The summed E-state index contributed by atoms with van der Waals surface area (Å²) in [4.78, 5) is 36.9. The van der Waals surface area contributed by atoms with Gasteiger partial charge in [-0.1, -0.05) is 12.1 Å². The van der Waals surface area contributed by atoms with E-state index in [1.807, 2.05) is 0 Å². The van der Waals surface area contributed by atoms with Gasteiger partial charge in [0.05, 0.1) is 23.4 Å². The van der Waals surface area contributed by atoms with Crippen LogP contribution in [0.25, 0.3) is 17.4 Å². The van der Waals surface area contributed by atoms with Crippen LogP contribution in [0.5, 0.6) is 0 Å². The van der Waals surface area contributed by atoms with Gasteiger partial charge in [0.2, 0.25) is 0 Å². The van der Waals surface area contributed by atoms with Gasteiger partial charge in [-0.2, -0.15) is 0 Å². The van der Waals surface area contributed by atoms with Crippen molar-refractivity contribution >= 4 is 29.5 Å². The molecule has 31 heavy (non-hydrogen) atoms. The predicted molar refractivity (Wildman–Crippen MR) is 110 cm³/mol. The van der Waals surface area contributed by atoms with Crippen molar-refractivity contribution in [1.29, 1.82) is 0 Å². The van der Waals surface area contributed by atoms with E-state index in [-0.39, 0.29) is 29.3 Å². The average molecular weight is 420 g/mol. The first-order chi connectivity index (χ1) is 15.0. The van der Waals surface area contributed by atoms with Crippen LogP contribution in [0.3, 0.4) is 0 Å². The first-order valence-corrected chi connectivity index (χ1v) is 9.47. The Bertz CT molecular complexity index is 1200. The van der Waals surface area contributed by atoms with Gasteiger partial charge >= 0.3 is 5.97 Å². The molecule has 1 aromatic heterocycles. The standard InChI is InChI=1S/C23H17FN2O5/c1-2-30-23(29)14-7-9-15(10-8-14)26-22(28)18(21(27)25-26)13-16-11-12-20(31-16)17-5-3-4-6-19(17)24/h3-13H,2H2,1H3,(H,25,27). The van der Waals surface area contributed by atoms with Crippen molar-refractivity contribution in [2.75, 3.05) is 11.6 Å². The number of esters is 1. The molecule has 1 aliphatic heterocycles. The Morgan fingerprint density at radius 3 is 2.55 bits per heavy atom. The minimum Gasteiger partial charge on any atom is -0.462 e. The molecule has 8 heteroatoms. The van der Waals surface area contributed by atoms with E-state index in [9.17, 15) is 18.8 Å². The van der Waals surface area contributed by atoms with Crippen LogP contribution in [0.4, 0.5) is 10.1 Å². The van der Waals surface area contributed by atoms with E-state index in [0.29, 0.717) is 11.3 Å². The first-order valence-electron chi connectivity index (χ1n) is 9.47. The Balaban J connectivity index is 1.56. The molecule has 0 unspecified atom stereocenters. The Hall–Kier alpha value is -4.20. The number of halogens is 1. The SMILES string of the molecule is CCOC(=O)c1ccc(N2NC(=O)C(=Cc3ccc(-c4ccccc4F)o3)C2=O)cc1. The number of carbonyl (C=O) groups is 3. The highest BCUT2D eigenvalue weighted by Gasteiger charge is 2.34. The maximum absolute atomic E-state index is 13.9. The molecule has 1 saturated heterocycles. The number of carbonyl (C=O) groups excluding carboxylic acids is 3. The fourth-order valence-corrected chi connectivity index (χ4v) is 3.08. The molecule has 2 heterocycles. The van der Waals surface area contributed by atoms with Crippen LogP contribution < -0.4 is 10.4 Å². The molecule has 0 spiro atoms. The van der Waals surface area contributed by atoms with E-state index in [1.165, 1.54) is 36.4 Å². The summed E-state index contributed by atoms with van der Waals surface area (Å²) in [5, 5.41) is 1.07. The lowest BCUT2D eigenvalue weighted by Crippen LogP contribution is -2.35. The van der Waals surface area contributed by atoms with Gasteiger partial charge in [-0.25, -0.2) is 14.2 Å². The molecule has 0 saturated carbocycles. The van der Waals surface area contributed by atoms with Crippen LogP contribution in [0.15, 0.2) is 70.7 Å². The Morgan fingerprint density at radius 1 is 1.10 bits per heavy atom. The number of hydrogen-bond donors (Lipinski definition) is 1. The fraction of sp³-hybridized carbons (Fsp3) is 0.0870. The third-order valence-electron chi connectivity index (χ3n) is 4.58. The van der Waals surface area contributed by atoms with Gasteiger partial charge in [-0.05, 0) is 61.5 Å². The van der Waals surface area contributed by atoms with E-state index in [4.69, 9.17) is 9.15 Å². The predicted octanol–water partition coefficient (Wildman–Crippen LogP) is 3.72. The maximum atomic E-state index is 13.9. The molecule has 1 fully saturated rings. The van der Waals surface area contributed by atoms with Crippen molar-refractivity contribution in [2.24, 2.45) is 0 Å². The van der Waals surface area contributed by atoms with Gasteiger partial charge in [0.15, 0.2) is 0 Å². The molecule has 2 amide bonds. The normalized spacial score (nSPS) is 14.8. The van der Waals surface area contributed by atoms with Crippen molar-refractivity contribution < 1.29 is 27.9 Å². The minimum absolute atomic E-state index is 0.135. The van der Waals surface area contributed by atoms with Crippen LogP contribution in [0, 0.1) is 5.82 Å². The van der Waals surface area contributed by atoms with Gasteiger partial charge in [0.1, 0.15) is 22.9 Å². The Morgan fingerprint density at radius 2 is 1.84 bits per heavy atom. The number of furan rings is 1. The highest BCUT2D eigenvalue weighted by molar-refractivity contribution is 6.31. The van der Waals surface area contributed by atoms with Crippen molar-refractivity contribution in [3.05, 3.63) is 83.4 Å². The lowest BCUT2D eigenvalue weighted by molar-refractivity contribution is -0.117. The van der Waals surface area contributed by atoms with Crippen LogP contribution in [0.2, 0.25) is 0 Å². The second kappa shape index (κ2) is 8.27. The molecule has 7 nitrogen and oxygen atoms in total. The number of ether oxygens (including phenoxy) is 1. The van der Waals surface area contributed by atoms with Gasteiger partial charge in [-0.3, -0.25) is 15.0 Å². The number of nitrogens with zero attached hydrogens (tertiary/aromatic N) is 1. The quantitative estimate of drug-likeness (QED) is 0.386. The van der Waals surface area contributed by atoms with Crippen LogP contribution in [0.1, 0.15) is 23.0 Å². The first kappa shape index (κ1) is 20.1. The summed E-state index contributed by atoms with van der Waals surface area (Å²) in [5.41, 5.74) is 3.32. The zero-order chi connectivity index (χ0) is 22.0. The molecular formula is C23H17FN2O5. The lowest BCUT2D eigenvalue weighted by atomic mass is 10.1. The summed E-state index contributed by atoms with van der Waals surface area (Å²) in [6, 6.07) is 15.3. The number of hydrazine groups is 1. The molecule has 0 aliphatic carbocycles. The van der Waals surface area contributed by atoms with Crippen molar-refractivity contribution in [3.63, 3.8) is 0 Å². The number of rotatable bonds is 5. The molecule has 2 aromatic carbocycles. The summed E-state index contributed by atoms with van der Waals surface area (Å²) >= 11 is 0. The smallest absolute Gasteiger partial charge is 0.338 e. The number of benzene rings is 2. The van der Waals surface area contributed by atoms with E-state index < -0.39 is 23.6 Å². The van der Waals surface area contributed by atoms with Gasteiger partial charge < -0.3 is 9.15 Å². The summed E-state index contributed by atoms with van der Waals surface area (Å²) in [6.07, 6.45) is 1.30. The van der Waals surface area contributed by atoms with Crippen LogP contribution in [-0.4, -0.2) is 24.4 Å². The zero-order valence-electron chi connectivity index (χ0n) is 16.4. The second-order valence-electron chi connectivity index (χ2n) is 6.59. The summed E-state index contributed by atoms with van der Waals surface area (Å²) in [7, 11) is 0. The lowest BCUT2D eigenvalue weighted by Gasteiger charge is -2.14. The van der Waals surface area contributed by atoms with Crippen molar-refractivity contribution in [1.82, 2.24) is 5.43 Å². The third kappa shape index (κ3) is 3.95. The molecule has 0 bridgehead atoms. The largest absolute Gasteiger partial charge is 0.462 e. The van der Waals surface area contributed by atoms with Gasteiger partial charge in [-0.15, -0.1) is 0 Å². The summed E-state index contributed by atoms with van der Waals surface area (Å²) in [5.74, 6) is -1.60. The molecular weight excluding hydrogens is 403 g/mol. The highest BCUT2D eigenvalue weighted by Crippen LogP contribution is 2.27. The number of anilines is 1. The molecule has 3 aromatic rings. The third-order valence-corrected chi connectivity index (χ3v) is 4.58. The molecule has 156 valence electrons. The fourth-order valence-electron chi connectivity index (χ4n) is 3.08. The van der Waals surface area contributed by atoms with Crippen LogP contribution >= 0.6 is 0 Å². The monoisotopic (exact) mass is 420 g/mol. The Labute approximate surface area is 176 Å². The van der Waals surface area contributed by atoms with E-state index in [2.05, 4.69) is 5.43 Å². The van der Waals surface area contributed by atoms with Crippen LogP contribution in [-0.2, 0) is 14.3 Å². The topological polar surface area (TPSA) is 88.8 Å². The van der Waals surface area contributed by atoms with E-state index >= 15 is 0 Å². The van der Waals surface area contributed by atoms with Gasteiger partial charge in [0, 0.05) is 0 Å².